The number of piperidine rings is 1. The average molecular weight is 298 g/mol. The maximum Gasteiger partial charge on any atom is 0.0926 e. The van der Waals surface area contributed by atoms with E-state index in [1.54, 1.807) is 18.4 Å². The maximum atomic E-state index is 10.7. The number of methoxy groups -OCH3 is 1. The Hall–Kier alpha value is -0.490. The van der Waals surface area contributed by atoms with E-state index in [0.717, 1.165) is 38.9 Å². The van der Waals surface area contributed by atoms with E-state index < -0.39 is 5.60 Å². The Bertz CT molecular complexity index is 424. The molecule has 114 valence electrons. The molecule has 0 unspecified atom stereocenters. The van der Waals surface area contributed by atoms with Crippen LogP contribution in [0.2, 0.25) is 0 Å². The highest BCUT2D eigenvalue weighted by molar-refractivity contribution is 7.09. The van der Waals surface area contributed by atoms with Crippen molar-refractivity contribution in [3.63, 3.8) is 0 Å². The Morgan fingerprint density at radius 2 is 2.40 bits per heavy atom. The third-order valence-corrected chi connectivity index (χ3v) is 5.38. The first-order chi connectivity index (χ1) is 9.57. The van der Waals surface area contributed by atoms with E-state index in [9.17, 15) is 5.11 Å². The standard InChI is InChI=1S/C15H26N2O2S/c1-4-14-16-13(11-20-14)10-17-7-5-15(18,6-8-19-3)12(2)9-17/h11-12,18H,4-10H2,1-3H3/t12-,15-/m1/s1. The Morgan fingerprint density at radius 1 is 1.60 bits per heavy atom. The second-order valence-electron chi connectivity index (χ2n) is 5.82. The van der Waals surface area contributed by atoms with Crippen molar-refractivity contribution in [1.82, 2.24) is 9.88 Å². The van der Waals surface area contributed by atoms with Crippen molar-refractivity contribution in [2.24, 2.45) is 5.92 Å². The van der Waals surface area contributed by atoms with Crippen LogP contribution in [0.5, 0.6) is 0 Å². The zero-order valence-electron chi connectivity index (χ0n) is 12.8. The smallest absolute Gasteiger partial charge is 0.0926 e. The molecule has 2 atom stereocenters. The molecule has 5 heteroatoms. The lowest BCUT2D eigenvalue weighted by atomic mass is 9.80. The fraction of sp³-hybridized carbons (Fsp3) is 0.800. The second kappa shape index (κ2) is 6.98. The molecule has 2 heterocycles. The van der Waals surface area contributed by atoms with Crippen molar-refractivity contribution in [1.29, 1.82) is 0 Å². The summed E-state index contributed by atoms with van der Waals surface area (Å²) in [6, 6.07) is 0. The van der Waals surface area contributed by atoms with Crippen LogP contribution in [0.15, 0.2) is 5.38 Å². The van der Waals surface area contributed by atoms with Gasteiger partial charge in [0.1, 0.15) is 0 Å². The minimum absolute atomic E-state index is 0.274. The van der Waals surface area contributed by atoms with Crippen LogP contribution in [0.1, 0.15) is 37.4 Å². The van der Waals surface area contributed by atoms with Gasteiger partial charge in [0.25, 0.3) is 0 Å². The van der Waals surface area contributed by atoms with E-state index in [1.807, 2.05) is 0 Å². The fourth-order valence-electron chi connectivity index (χ4n) is 2.85. The van der Waals surface area contributed by atoms with Gasteiger partial charge in [-0.15, -0.1) is 11.3 Å². The first-order valence-corrected chi connectivity index (χ1v) is 8.32. The number of hydrogen-bond acceptors (Lipinski definition) is 5. The molecule has 1 aliphatic rings. The van der Waals surface area contributed by atoms with E-state index in [4.69, 9.17) is 4.74 Å². The number of aliphatic hydroxyl groups is 1. The highest BCUT2D eigenvalue weighted by atomic mass is 32.1. The first-order valence-electron chi connectivity index (χ1n) is 7.44. The minimum atomic E-state index is -0.566. The van der Waals surface area contributed by atoms with Gasteiger partial charge in [0.15, 0.2) is 0 Å². The summed E-state index contributed by atoms with van der Waals surface area (Å²) in [7, 11) is 1.69. The Balaban J connectivity index is 1.88. The van der Waals surface area contributed by atoms with Crippen molar-refractivity contribution in [2.75, 3.05) is 26.8 Å². The predicted molar refractivity (Wildman–Crippen MR) is 82.0 cm³/mol. The van der Waals surface area contributed by atoms with Crippen molar-refractivity contribution in [3.05, 3.63) is 16.1 Å². The molecule has 0 spiro atoms. The van der Waals surface area contributed by atoms with Gasteiger partial charge in [0, 0.05) is 38.7 Å². The predicted octanol–water partition coefficient (Wildman–Crippen LogP) is 2.31. The van der Waals surface area contributed by atoms with E-state index >= 15 is 0 Å². The summed E-state index contributed by atoms with van der Waals surface area (Å²) in [5.41, 5.74) is 0.602. The van der Waals surface area contributed by atoms with Crippen LogP contribution in [0.25, 0.3) is 0 Å². The molecule has 20 heavy (non-hydrogen) atoms. The van der Waals surface area contributed by atoms with Gasteiger partial charge in [-0.05, 0) is 25.2 Å². The number of aryl methyl sites for hydroxylation is 1. The molecule has 4 nitrogen and oxygen atoms in total. The van der Waals surface area contributed by atoms with E-state index in [-0.39, 0.29) is 5.92 Å². The maximum absolute atomic E-state index is 10.7. The molecular formula is C15H26N2O2S. The summed E-state index contributed by atoms with van der Waals surface area (Å²) < 4.78 is 5.11. The number of hydrogen-bond donors (Lipinski definition) is 1. The number of nitrogens with zero attached hydrogens (tertiary/aromatic N) is 2. The normalized spacial score (nSPS) is 27.9. The zero-order chi connectivity index (χ0) is 14.6. The molecule has 1 saturated heterocycles. The molecule has 0 aliphatic carbocycles. The van der Waals surface area contributed by atoms with E-state index in [1.165, 1.54) is 10.7 Å². The molecule has 2 rings (SSSR count). The molecule has 1 N–H and O–H groups in total. The van der Waals surface area contributed by atoms with Crippen molar-refractivity contribution in [3.8, 4) is 0 Å². The second-order valence-corrected chi connectivity index (χ2v) is 6.76. The zero-order valence-corrected chi connectivity index (χ0v) is 13.6. The molecule has 1 aliphatic heterocycles. The van der Waals surface area contributed by atoms with E-state index in [2.05, 4.69) is 29.1 Å². The summed E-state index contributed by atoms with van der Waals surface area (Å²) in [6.45, 7) is 7.68. The molecule has 0 radical (unpaired) electrons. The lowest BCUT2D eigenvalue weighted by Crippen LogP contribution is -2.51. The van der Waals surface area contributed by atoms with Crippen LogP contribution in [-0.2, 0) is 17.7 Å². The largest absolute Gasteiger partial charge is 0.389 e. The van der Waals surface area contributed by atoms with Crippen LogP contribution in [-0.4, -0.2) is 47.4 Å². The van der Waals surface area contributed by atoms with Gasteiger partial charge in [-0.3, -0.25) is 4.90 Å². The molecule has 1 aromatic heterocycles. The van der Waals surface area contributed by atoms with E-state index in [0.29, 0.717) is 6.61 Å². The molecular weight excluding hydrogens is 272 g/mol. The summed E-state index contributed by atoms with van der Waals surface area (Å²) in [6.07, 6.45) is 2.56. The van der Waals surface area contributed by atoms with Crippen molar-refractivity contribution in [2.45, 2.75) is 45.3 Å². The summed E-state index contributed by atoms with van der Waals surface area (Å²) in [4.78, 5) is 7.03. The minimum Gasteiger partial charge on any atom is -0.389 e. The fourth-order valence-corrected chi connectivity index (χ4v) is 3.59. The molecule has 1 aromatic rings. The third kappa shape index (κ3) is 3.79. The number of likely N-dealkylation sites (tertiary alicyclic amines) is 1. The highest BCUT2D eigenvalue weighted by Gasteiger charge is 2.38. The van der Waals surface area contributed by atoms with Gasteiger partial charge in [-0.2, -0.15) is 0 Å². The quantitative estimate of drug-likeness (QED) is 0.875. The molecule has 1 fully saturated rings. The molecule has 0 amide bonds. The number of thiazole rings is 1. The lowest BCUT2D eigenvalue weighted by molar-refractivity contribution is -0.0828. The number of aromatic nitrogens is 1. The lowest BCUT2D eigenvalue weighted by Gasteiger charge is -2.43. The van der Waals surface area contributed by atoms with Crippen LogP contribution < -0.4 is 0 Å². The third-order valence-electron chi connectivity index (χ3n) is 4.34. The summed E-state index contributed by atoms with van der Waals surface area (Å²) in [5.74, 6) is 0.274. The van der Waals surface area contributed by atoms with Gasteiger partial charge in [-0.25, -0.2) is 4.98 Å². The summed E-state index contributed by atoms with van der Waals surface area (Å²) >= 11 is 1.75. The van der Waals surface area contributed by atoms with Crippen LogP contribution >= 0.6 is 11.3 Å². The molecule has 0 saturated carbocycles. The topological polar surface area (TPSA) is 45.6 Å². The Morgan fingerprint density at radius 3 is 3.00 bits per heavy atom. The monoisotopic (exact) mass is 298 g/mol. The van der Waals surface area contributed by atoms with Gasteiger partial charge in [0.2, 0.25) is 0 Å². The van der Waals surface area contributed by atoms with Crippen molar-refractivity contribution < 1.29 is 9.84 Å². The number of rotatable bonds is 6. The van der Waals surface area contributed by atoms with Gasteiger partial charge in [-0.1, -0.05) is 13.8 Å². The van der Waals surface area contributed by atoms with Crippen LogP contribution in [0.3, 0.4) is 0 Å². The molecule has 0 aromatic carbocycles. The SMILES string of the molecule is CCc1nc(CN2CC[C@@](O)(CCOC)[C@H](C)C2)cs1. The summed E-state index contributed by atoms with van der Waals surface area (Å²) in [5, 5.41) is 14.0. The van der Waals surface area contributed by atoms with Gasteiger partial charge < -0.3 is 9.84 Å². The van der Waals surface area contributed by atoms with Gasteiger partial charge in [0.05, 0.1) is 16.3 Å². The average Bonchev–Trinajstić information content (AvgIpc) is 2.89. The van der Waals surface area contributed by atoms with Gasteiger partial charge >= 0.3 is 0 Å². The van der Waals surface area contributed by atoms with Crippen molar-refractivity contribution >= 4 is 11.3 Å². The first kappa shape index (κ1) is 15.9. The Kier molecular flexibility index (Phi) is 5.55. The van der Waals surface area contributed by atoms with Crippen LogP contribution in [0, 0.1) is 5.92 Å². The molecule has 0 bridgehead atoms. The highest BCUT2D eigenvalue weighted by Crippen LogP contribution is 2.31. The van der Waals surface area contributed by atoms with Crippen LogP contribution in [0.4, 0.5) is 0 Å². The number of ether oxygens (including phenoxy) is 1. The Labute approximate surface area is 125 Å².